The Hall–Kier alpha value is -2.26. The standard InChI is InChI=1S/C38H43P2/c1-29-15-12-13-23-36(29)38-30(2)16-14-24-37(38)40(34-21-10-5-11-22-34)39(33-19-8-4-9-20-33)35-27-25-32(26-28-35)31-17-6-3-7-18-31/h4,8-9,12-16,19-20,24-28,31,34H,3,5-7,10-11,17-18,21-22H2,1-2H3/t39-,40?/m0/s1. The molecular formula is C38H43P2. The lowest BCUT2D eigenvalue weighted by atomic mass is 9.84. The smallest absolute Gasteiger partial charge is 0.00649 e. The molecule has 2 heteroatoms. The van der Waals surface area contributed by atoms with E-state index in [1.165, 1.54) is 86.5 Å². The van der Waals surface area contributed by atoms with Gasteiger partial charge < -0.3 is 0 Å². The van der Waals surface area contributed by atoms with Crippen molar-refractivity contribution in [1.29, 1.82) is 0 Å². The van der Waals surface area contributed by atoms with Crippen molar-refractivity contribution in [2.75, 3.05) is 0 Å². The molecule has 2 fully saturated rings. The summed E-state index contributed by atoms with van der Waals surface area (Å²) in [6.45, 7) is 4.58. The summed E-state index contributed by atoms with van der Waals surface area (Å²) < 4.78 is 0. The van der Waals surface area contributed by atoms with Gasteiger partial charge in [0.1, 0.15) is 0 Å². The van der Waals surface area contributed by atoms with E-state index < -0.39 is 15.2 Å². The van der Waals surface area contributed by atoms with Crippen LogP contribution in [0.1, 0.15) is 86.8 Å². The summed E-state index contributed by atoms with van der Waals surface area (Å²) in [6.07, 6.45) is 13.8. The van der Waals surface area contributed by atoms with Gasteiger partial charge in [0.05, 0.1) is 0 Å². The van der Waals surface area contributed by atoms with Crippen molar-refractivity contribution in [3.63, 3.8) is 0 Å². The summed E-state index contributed by atoms with van der Waals surface area (Å²) in [6, 6.07) is 39.0. The van der Waals surface area contributed by atoms with Crippen LogP contribution in [0, 0.1) is 19.9 Å². The van der Waals surface area contributed by atoms with Crippen molar-refractivity contribution >= 4 is 31.1 Å². The lowest BCUT2D eigenvalue weighted by Crippen LogP contribution is -2.24. The molecule has 2 aliphatic rings. The third kappa shape index (κ3) is 6.01. The summed E-state index contributed by atoms with van der Waals surface area (Å²) in [7, 11) is -0.963. The number of hydrogen-bond acceptors (Lipinski definition) is 0. The van der Waals surface area contributed by atoms with E-state index in [-0.39, 0.29) is 0 Å². The summed E-state index contributed by atoms with van der Waals surface area (Å²) in [4.78, 5) is 0. The third-order valence-electron chi connectivity index (χ3n) is 9.16. The normalized spacial score (nSPS) is 18.4. The van der Waals surface area contributed by atoms with Gasteiger partial charge in [-0.05, 0) is 116 Å². The van der Waals surface area contributed by atoms with Crippen LogP contribution in [0.15, 0.2) is 91.0 Å². The largest absolute Gasteiger partial charge is 0.0622 e. The molecule has 0 heterocycles. The van der Waals surface area contributed by atoms with E-state index in [9.17, 15) is 0 Å². The van der Waals surface area contributed by atoms with Crippen molar-refractivity contribution < 1.29 is 0 Å². The van der Waals surface area contributed by atoms with E-state index in [1.54, 1.807) is 21.5 Å². The minimum atomic E-state index is -0.521. The molecule has 0 aromatic heterocycles. The molecule has 0 N–H and O–H groups in total. The molecule has 1 radical (unpaired) electrons. The first-order valence-electron chi connectivity index (χ1n) is 15.5. The van der Waals surface area contributed by atoms with Crippen LogP contribution in [0.4, 0.5) is 0 Å². The highest BCUT2D eigenvalue weighted by Gasteiger charge is 2.35. The van der Waals surface area contributed by atoms with Gasteiger partial charge in [-0.15, -0.1) is 0 Å². The van der Waals surface area contributed by atoms with Gasteiger partial charge in [0, 0.05) is 0 Å². The Morgan fingerprint density at radius 3 is 1.95 bits per heavy atom. The molecule has 0 saturated heterocycles. The Morgan fingerprint density at radius 1 is 0.600 bits per heavy atom. The first kappa shape index (κ1) is 27.9. The van der Waals surface area contributed by atoms with E-state index >= 15 is 0 Å². The van der Waals surface area contributed by atoms with Gasteiger partial charge in [-0.2, -0.15) is 0 Å². The Balaban J connectivity index is 1.52. The molecule has 0 bridgehead atoms. The van der Waals surface area contributed by atoms with Crippen molar-refractivity contribution in [3.8, 4) is 11.1 Å². The molecule has 2 atom stereocenters. The fourth-order valence-electron chi connectivity index (χ4n) is 7.04. The van der Waals surface area contributed by atoms with Gasteiger partial charge in [0.25, 0.3) is 0 Å². The zero-order chi connectivity index (χ0) is 27.3. The quantitative estimate of drug-likeness (QED) is 0.197. The Bertz CT molecular complexity index is 1380. The zero-order valence-electron chi connectivity index (χ0n) is 24.3. The first-order chi connectivity index (χ1) is 19.7. The molecule has 4 aromatic rings. The Labute approximate surface area is 245 Å². The van der Waals surface area contributed by atoms with Crippen molar-refractivity contribution in [3.05, 3.63) is 114 Å². The average Bonchev–Trinajstić information content (AvgIpc) is 3.02. The number of benzene rings is 4. The van der Waals surface area contributed by atoms with E-state index in [0.29, 0.717) is 0 Å². The second kappa shape index (κ2) is 13.1. The fraction of sp³-hybridized carbons (Fsp3) is 0.368. The maximum absolute atomic E-state index is 3.67. The second-order valence-electron chi connectivity index (χ2n) is 11.9. The van der Waals surface area contributed by atoms with Gasteiger partial charge in [0.2, 0.25) is 0 Å². The summed E-state index contributed by atoms with van der Waals surface area (Å²) in [5, 5.41) is 4.72. The SMILES string of the molecule is Cc1ccc[c]c1-c1c(C)cccc1P(C1CCCCC1)[P@@](c1ccccc1)c1ccc(C2CCCCC2)cc1. The topological polar surface area (TPSA) is 0 Å². The van der Waals surface area contributed by atoms with E-state index in [0.717, 1.165) is 11.6 Å². The highest BCUT2D eigenvalue weighted by Crippen LogP contribution is 2.72. The maximum atomic E-state index is 3.67. The van der Waals surface area contributed by atoms with Gasteiger partial charge >= 0.3 is 0 Å². The molecule has 1 unspecified atom stereocenters. The molecule has 4 aromatic carbocycles. The molecular weight excluding hydrogens is 518 g/mol. The molecule has 40 heavy (non-hydrogen) atoms. The summed E-state index contributed by atoms with van der Waals surface area (Å²) in [5.41, 5.74) is 7.81. The maximum Gasteiger partial charge on any atom is -0.00649 e. The fourth-order valence-corrected chi connectivity index (χ4v) is 16.4. The number of hydrogen-bond donors (Lipinski definition) is 0. The van der Waals surface area contributed by atoms with Gasteiger partial charge in [0.15, 0.2) is 0 Å². The lowest BCUT2D eigenvalue weighted by molar-refractivity contribution is 0.443. The highest BCUT2D eigenvalue weighted by atomic mass is 32.1. The van der Waals surface area contributed by atoms with Crippen LogP contribution in [-0.2, 0) is 0 Å². The summed E-state index contributed by atoms with van der Waals surface area (Å²) >= 11 is 0. The van der Waals surface area contributed by atoms with Gasteiger partial charge in [-0.1, -0.05) is 130 Å². The van der Waals surface area contributed by atoms with Crippen LogP contribution in [0.3, 0.4) is 0 Å². The van der Waals surface area contributed by atoms with Crippen LogP contribution in [0.5, 0.6) is 0 Å². The predicted molar refractivity (Wildman–Crippen MR) is 179 cm³/mol. The van der Waals surface area contributed by atoms with Crippen LogP contribution < -0.4 is 15.9 Å². The van der Waals surface area contributed by atoms with Crippen LogP contribution in [0.2, 0.25) is 0 Å². The molecule has 205 valence electrons. The minimum Gasteiger partial charge on any atom is -0.0622 e. The minimum absolute atomic E-state index is 0.442. The number of rotatable bonds is 7. The van der Waals surface area contributed by atoms with Gasteiger partial charge in [-0.3, -0.25) is 0 Å². The van der Waals surface area contributed by atoms with E-state index in [4.69, 9.17) is 0 Å². The predicted octanol–water partition coefficient (Wildman–Crippen LogP) is 10.3. The van der Waals surface area contributed by atoms with Crippen LogP contribution in [-0.4, -0.2) is 5.66 Å². The first-order valence-corrected chi connectivity index (χ1v) is 19.0. The summed E-state index contributed by atoms with van der Waals surface area (Å²) in [5.74, 6) is 0.755. The molecule has 0 amide bonds. The van der Waals surface area contributed by atoms with E-state index in [2.05, 4.69) is 111 Å². The highest BCUT2D eigenvalue weighted by molar-refractivity contribution is 8.39. The van der Waals surface area contributed by atoms with Crippen LogP contribution >= 0.6 is 15.2 Å². The molecule has 2 aliphatic carbocycles. The monoisotopic (exact) mass is 561 g/mol. The lowest BCUT2D eigenvalue weighted by Gasteiger charge is -2.39. The molecule has 0 aliphatic heterocycles. The van der Waals surface area contributed by atoms with Crippen molar-refractivity contribution in [2.45, 2.75) is 89.6 Å². The van der Waals surface area contributed by atoms with Crippen molar-refractivity contribution in [1.82, 2.24) is 0 Å². The third-order valence-corrected chi connectivity index (χ3v) is 17.5. The van der Waals surface area contributed by atoms with E-state index in [1.807, 2.05) is 0 Å². The molecule has 0 nitrogen and oxygen atoms in total. The zero-order valence-corrected chi connectivity index (χ0v) is 26.1. The average molecular weight is 562 g/mol. The second-order valence-corrected chi connectivity index (χ2v) is 18.0. The Kier molecular flexibility index (Phi) is 9.17. The van der Waals surface area contributed by atoms with Crippen molar-refractivity contribution in [2.24, 2.45) is 0 Å². The molecule has 6 rings (SSSR count). The Morgan fingerprint density at radius 2 is 1.25 bits per heavy atom. The van der Waals surface area contributed by atoms with Gasteiger partial charge in [-0.25, -0.2) is 0 Å². The molecule has 0 spiro atoms. The molecule has 2 saturated carbocycles. The van der Waals surface area contributed by atoms with Crippen LogP contribution in [0.25, 0.3) is 11.1 Å². The number of aryl methyl sites for hydroxylation is 2.